The fourth-order valence-corrected chi connectivity index (χ4v) is 1.73. The summed E-state index contributed by atoms with van der Waals surface area (Å²) in [6.07, 6.45) is 2.00. The highest BCUT2D eigenvalue weighted by Gasteiger charge is 2.02. The number of halogens is 1. The Morgan fingerprint density at radius 2 is 1.94 bits per heavy atom. The maximum Gasteiger partial charge on any atom is 0.128 e. The van der Waals surface area contributed by atoms with Gasteiger partial charge in [-0.1, -0.05) is 0 Å². The van der Waals surface area contributed by atoms with Crippen molar-refractivity contribution in [3.8, 4) is 0 Å². The van der Waals surface area contributed by atoms with E-state index in [1.807, 2.05) is 29.1 Å². The van der Waals surface area contributed by atoms with Crippen molar-refractivity contribution in [3.63, 3.8) is 0 Å². The third-order valence-corrected chi connectivity index (χ3v) is 2.92. The summed E-state index contributed by atoms with van der Waals surface area (Å²) < 4.78 is 2.71. The summed E-state index contributed by atoms with van der Waals surface area (Å²) >= 11 is 3.26. The molecule has 0 aliphatic heterocycles. The molecule has 96 valence electrons. The first-order valence-electron chi connectivity index (χ1n) is 5.88. The molecule has 0 aliphatic rings. The minimum Gasteiger partial charge on any atom is -0.305 e. The molecule has 0 saturated carbocycles. The van der Waals surface area contributed by atoms with Crippen LogP contribution >= 0.6 is 15.9 Å². The first-order chi connectivity index (χ1) is 8.65. The van der Waals surface area contributed by atoms with E-state index in [1.54, 1.807) is 0 Å². The van der Waals surface area contributed by atoms with Crippen molar-refractivity contribution < 1.29 is 0 Å². The monoisotopic (exact) mass is 309 g/mol. The molecule has 2 aromatic heterocycles. The van der Waals surface area contributed by atoms with Crippen molar-refractivity contribution in [2.75, 3.05) is 0 Å². The van der Waals surface area contributed by atoms with Crippen molar-refractivity contribution >= 4 is 15.9 Å². The summed E-state index contributed by atoms with van der Waals surface area (Å²) in [5.74, 6) is 0. The summed E-state index contributed by atoms with van der Waals surface area (Å²) in [6, 6.07) is 6.25. The number of nitrogens with zero attached hydrogens (tertiary/aromatic N) is 4. The molecule has 18 heavy (non-hydrogen) atoms. The predicted octanol–water partition coefficient (Wildman–Crippen LogP) is 2.31. The van der Waals surface area contributed by atoms with E-state index in [4.69, 9.17) is 0 Å². The molecule has 0 amide bonds. The van der Waals surface area contributed by atoms with Crippen LogP contribution in [0, 0.1) is 0 Å². The molecule has 5 nitrogen and oxygen atoms in total. The molecule has 0 aliphatic carbocycles. The van der Waals surface area contributed by atoms with E-state index in [2.05, 4.69) is 50.4 Å². The van der Waals surface area contributed by atoms with Gasteiger partial charge in [0.2, 0.25) is 0 Å². The zero-order valence-electron chi connectivity index (χ0n) is 10.5. The molecular weight excluding hydrogens is 294 g/mol. The highest BCUT2D eigenvalue weighted by Crippen LogP contribution is 2.05. The van der Waals surface area contributed by atoms with Gasteiger partial charge in [0, 0.05) is 25.3 Å². The largest absolute Gasteiger partial charge is 0.305 e. The SMILES string of the molecule is CC(C)n1ccc(CNCc2ccc(Br)nn2)n1. The van der Waals surface area contributed by atoms with Gasteiger partial charge in [0.15, 0.2) is 0 Å². The predicted molar refractivity (Wildman–Crippen MR) is 72.9 cm³/mol. The van der Waals surface area contributed by atoms with E-state index < -0.39 is 0 Å². The van der Waals surface area contributed by atoms with Gasteiger partial charge in [-0.05, 0) is 48.0 Å². The zero-order valence-corrected chi connectivity index (χ0v) is 12.1. The molecule has 0 fully saturated rings. The Morgan fingerprint density at radius 3 is 2.56 bits per heavy atom. The molecule has 0 aromatic carbocycles. The lowest BCUT2D eigenvalue weighted by Gasteiger charge is -2.04. The Morgan fingerprint density at radius 1 is 1.17 bits per heavy atom. The molecule has 1 N–H and O–H groups in total. The Hall–Kier alpha value is -1.27. The number of aromatic nitrogens is 4. The normalized spacial score (nSPS) is 11.1. The molecule has 0 saturated heterocycles. The van der Waals surface area contributed by atoms with Crippen molar-refractivity contribution in [2.45, 2.75) is 33.0 Å². The third-order valence-electron chi connectivity index (χ3n) is 2.49. The van der Waals surface area contributed by atoms with Crippen LogP contribution in [0.3, 0.4) is 0 Å². The van der Waals surface area contributed by atoms with Gasteiger partial charge in [0.05, 0.1) is 11.4 Å². The lowest BCUT2D eigenvalue weighted by molar-refractivity contribution is 0.521. The molecule has 0 bridgehead atoms. The highest BCUT2D eigenvalue weighted by atomic mass is 79.9. The van der Waals surface area contributed by atoms with Gasteiger partial charge in [0.1, 0.15) is 4.60 Å². The van der Waals surface area contributed by atoms with Crippen LogP contribution in [0.15, 0.2) is 29.0 Å². The van der Waals surface area contributed by atoms with Crippen molar-refractivity contribution in [3.05, 3.63) is 40.4 Å². The van der Waals surface area contributed by atoms with Gasteiger partial charge in [0.25, 0.3) is 0 Å². The fourth-order valence-electron chi connectivity index (χ4n) is 1.52. The number of hydrogen-bond donors (Lipinski definition) is 1. The van der Waals surface area contributed by atoms with Gasteiger partial charge < -0.3 is 5.32 Å². The molecule has 0 unspecified atom stereocenters. The van der Waals surface area contributed by atoms with E-state index in [9.17, 15) is 0 Å². The zero-order chi connectivity index (χ0) is 13.0. The van der Waals surface area contributed by atoms with Crippen molar-refractivity contribution in [1.29, 1.82) is 0 Å². The van der Waals surface area contributed by atoms with Gasteiger partial charge >= 0.3 is 0 Å². The summed E-state index contributed by atoms with van der Waals surface area (Å²) in [7, 11) is 0. The molecule has 2 aromatic rings. The van der Waals surface area contributed by atoms with Crippen molar-refractivity contribution in [1.82, 2.24) is 25.3 Å². The van der Waals surface area contributed by atoms with Crippen LogP contribution in [0.5, 0.6) is 0 Å². The van der Waals surface area contributed by atoms with Gasteiger partial charge in [-0.2, -0.15) is 10.2 Å². The second-order valence-corrected chi connectivity index (χ2v) is 5.14. The van der Waals surface area contributed by atoms with Crippen LogP contribution < -0.4 is 5.32 Å². The first-order valence-corrected chi connectivity index (χ1v) is 6.67. The topological polar surface area (TPSA) is 55.6 Å². The minimum atomic E-state index is 0.399. The summed E-state index contributed by atoms with van der Waals surface area (Å²) in [5, 5.41) is 15.8. The van der Waals surface area contributed by atoms with Crippen LogP contribution in [0.25, 0.3) is 0 Å². The lowest BCUT2D eigenvalue weighted by atomic mass is 10.3. The number of hydrogen-bond acceptors (Lipinski definition) is 4. The second kappa shape index (κ2) is 6.06. The molecule has 0 atom stereocenters. The highest BCUT2D eigenvalue weighted by molar-refractivity contribution is 9.10. The smallest absolute Gasteiger partial charge is 0.128 e. The molecular formula is C12H16BrN5. The minimum absolute atomic E-state index is 0.399. The standard InChI is InChI=1S/C12H16BrN5/c1-9(2)18-6-5-11(17-18)8-14-7-10-3-4-12(13)16-15-10/h3-6,9,14H,7-8H2,1-2H3. The van der Waals surface area contributed by atoms with Crippen LogP contribution in [0.2, 0.25) is 0 Å². The Bertz CT molecular complexity index is 491. The lowest BCUT2D eigenvalue weighted by Crippen LogP contribution is -2.15. The van der Waals surface area contributed by atoms with E-state index in [0.717, 1.165) is 22.5 Å². The van der Waals surface area contributed by atoms with E-state index >= 15 is 0 Å². The Kier molecular flexibility index (Phi) is 4.43. The molecule has 0 radical (unpaired) electrons. The molecule has 0 spiro atoms. The number of rotatable bonds is 5. The van der Waals surface area contributed by atoms with Crippen LogP contribution in [0.1, 0.15) is 31.3 Å². The van der Waals surface area contributed by atoms with E-state index in [-0.39, 0.29) is 0 Å². The average Bonchev–Trinajstić information content (AvgIpc) is 2.81. The van der Waals surface area contributed by atoms with Crippen LogP contribution in [-0.4, -0.2) is 20.0 Å². The fraction of sp³-hybridized carbons (Fsp3) is 0.417. The summed E-state index contributed by atoms with van der Waals surface area (Å²) in [4.78, 5) is 0. The average molecular weight is 310 g/mol. The summed E-state index contributed by atoms with van der Waals surface area (Å²) in [6.45, 7) is 5.65. The van der Waals surface area contributed by atoms with Crippen LogP contribution in [-0.2, 0) is 13.1 Å². The number of nitrogens with one attached hydrogen (secondary N) is 1. The second-order valence-electron chi connectivity index (χ2n) is 4.33. The van der Waals surface area contributed by atoms with Gasteiger partial charge in [-0.15, -0.1) is 5.10 Å². The first kappa shape index (κ1) is 13.2. The van der Waals surface area contributed by atoms with Crippen LogP contribution in [0.4, 0.5) is 0 Å². The summed E-state index contributed by atoms with van der Waals surface area (Å²) in [5.41, 5.74) is 1.95. The molecule has 2 rings (SSSR count). The Labute approximate surface area is 115 Å². The van der Waals surface area contributed by atoms with E-state index in [0.29, 0.717) is 12.6 Å². The Balaban J connectivity index is 1.82. The maximum atomic E-state index is 4.47. The quantitative estimate of drug-likeness (QED) is 0.921. The molecule has 6 heteroatoms. The van der Waals surface area contributed by atoms with Gasteiger partial charge in [-0.3, -0.25) is 4.68 Å². The molecule has 2 heterocycles. The van der Waals surface area contributed by atoms with Crippen molar-refractivity contribution in [2.24, 2.45) is 0 Å². The van der Waals surface area contributed by atoms with Gasteiger partial charge in [-0.25, -0.2) is 0 Å². The maximum absolute atomic E-state index is 4.47. The van der Waals surface area contributed by atoms with E-state index in [1.165, 1.54) is 0 Å². The third kappa shape index (κ3) is 3.61.